The summed E-state index contributed by atoms with van der Waals surface area (Å²) < 4.78 is 4.69. The highest BCUT2D eigenvalue weighted by Crippen LogP contribution is 2.23. The smallest absolute Gasteiger partial charge is 0.325 e. The van der Waals surface area contributed by atoms with Gasteiger partial charge in [-0.1, -0.05) is 12.8 Å². The van der Waals surface area contributed by atoms with Gasteiger partial charge in [0.25, 0.3) is 0 Å². The molecule has 0 aromatic carbocycles. The topological polar surface area (TPSA) is 55.6 Å². The molecular formula is C12H24N2O2. The first-order valence-electron chi connectivity index (χ1n) is 6.05. The molecule has 0 spiro atoms. The van der Waals surface area contributed by atoms with Crippen LogP contribution in [0.15, 0.2) is 0 Å². The van der Waals surface area contributed by atoms with Gasteiger partial charge in [-0.15, -0.1) is 0 Å². The molecular weight excluding hydrogens is 204 g/mol. The minimum Gasteiger partial charge on any atom is -0.468 e. The van der Waals surface area contributed by atoms with Gasteiger partial charge in [-0.2, -0.15) is 0 Å². The Bertz CT molecular complexity index is 235. The number of hydrogen-bond acceptors (Lipinski definition) is 4. The molecule has 2 N–H and O–H groups in total. The zero-order valence-electron chi connectivity index (χ0n) is 10.7. The first kappa shape index (κ1) is 13.5. The van der Waals surface area contributed by atoms with E-state index < -0.39 is 5.54 Å². The van der Waals surface area contributed by atoms with Crippen LogP contribution in [0, 0.1) is 0 Å². The second kappa shape index (κ2) is 5.64. The van der Waals surface area contributed by atoms with Crippen LogP contribution < -0.4 is 5.73 Å². The third-order valence-corrected chi connectivity index (χ3v) is 3.58. The zero-order chi connectivity index (χ0) is 12.2. The molecule has 0 aliphatic heterocycles. The molecule has 1 fully saturated rings. The highest BCUT2D eigenvalue weighted by atomic mass is 16.5. The van der Waals surface area contributed by atoms with Gasteiger partial charge in [0.15, 0.2) is 0 Å². The van der Waals surface area contributed by atoms with E-state index in [1.165, 1.54) is 32.8 Å². The van der Waals surface area contributed by atoms with Gasteiger partial charge in [-0.3, -0.25) is 4.79 Å². The summed E-state index contributed by atoms with van der Waals surface area (Å²) in [6, 6.07) is 0.674. The predicted molar refractivity (Wildman–Crippen MR) is 64.1 cm³/mol. The molecule has 1 atom stereocenters. The lowest BCUT2D eigenvalue weighted by atomic mass is 9.99. The summed E-state index contributed by atoms with van der Waals surface area (Å²) in [6.45, 7) is 2.59. The summed E-state index contributed by atoms with van der Waals surface area (Å²) in [7, 11) is 3.50. The average molecular weight is 228 g/mol. The number of nitrogens with zero attached hydrogens (tertiary/aromatic N) is 1. The Labute approximate surface area is 98.1 Å². The maximum absolute atomic E-state index is 11.4. The van der Waals surface area contributed by atoms with Crippen molar-refractivity contribution < 1.29 is 9.53 Å². The fourth-order valence-electron chi connectivity index (χ4n) is 2.27. The third-order valence-electron chi connectivity index (χ3n) is 3.58. The monoisotopic (exact) mass is 228 g/mol. The van der Waals surface area contributed by atoms with Crippen LogP contribution in [-0.2, 0) is 9.53 Å². The lowest BCUT2D eigenvalue weighted by Gasteiger charge is -2.28. The summed E-state index contributed by atoms with van der Waals surface area (Å²) >= 11 is 0. The maximum atomic E-state index is 11.4. The minimum atomic E-state index is -0.860. The van der Waals surface area contributed by atoms with Gasteiger partial charge in [-0.05, 0) is 33.2 Å². The molecule has 4 heteroatoms. The molecule has 1 unspecified atom stereocenters. The predicted octanol–water partition coefficient (Wildman–Crippen LogP) is 1.14. The largest absolute Gasteiger partial charge is 0.468 e. The number of methoxy groups -OCH3 is 1. The van der Waals surface area contributed by atoms with E-state index in [4.69, 9.17) is 10.5 Å². The molecule has 4 nitrogen and oxygen atoms in total. The SMILES string of the molecule is COC(=O)C(C)(N)CCN(C)C1CCCC1. The number of ether oxygens (including phenoxy) is 1. The van der Waals surface area contributed by atoms with Gasteiger partial charge in [0.1, 0.15) is 5.54 Å². The van der Waals surface area contributed by atoms with Crippen LogP contribution in [0.1, 0.15) is 39.0 Å². The Kier molecular flexibility index (Phi) is 4.74. The second-order valence-electron chi connectivity index (χ2n) is 5.08. The Balaban J connectivity index is 2.35. The first-order valence-corrected chi connectivity index (χ1v) is 6.05. The Morgan fingerprint density at radius 2 is 2.06 bits per heavy atom. The summed E-state index contributed by atoms with van der Waals surface area (Å²) in [5.74, 6) is -0.327. The lowest BCUT2D eigenvalue weighted by molar-refractivity contribution is -0.146. The normalized spacial score (nSPS) is 21.1. The summed E-state index contributed by atoms with van der Waals surface area (Å²) in [4.78, 5) is 13.7. The molecule has 0 aromatic heterocycles. The van der Waals surface area contributed by atoms with Crippen molar-refractivity contribution in [3.05, 3.63) is 0 Å². The summed E-state index contributed by atoms with van der Waals surface area (Å²) in [5.41, 5.74) is 5.06. The molecule has 0 bridgehead atoms. The van der Waals surface area contributed by atoms with Crippen molar-refractivity contribution in [1.82, 2.24) is 4.90 Å². The molecule has 0 heterocycles. The summed E-state index contributed by atoms with van der Waals surface area (Å²) in [6.07, 6.45) is 5.84. The maximum Gasteiger partial charge on any atom is 0.325 e. The molecule has 0 radical (unpaired) electrons. The Hall–Kier alpha value is -0.610. The van der Waals surface area contributed by atoms with Gasteiger partial charge in [0.2, 0.25) is 0 Å². The van der Waals surface area contributed by atoms with Crippen LogP contribution in [0.2, 0.25) is 0 Å². The molecule has 1 aliphatic carbocycles. The van der Waals surface area contributed by atoms with E-state index >= 15 is 0 Å². The van der Waals surface area contributed by atoms with Crippen molar-refractivity contribution in [1.29, 1.82) is 0 Å². The van der Waals surface area contributed by atoms with E-state index in [1.54, 1.807) is 6.92 Å². The molecule has 1 rings (SSSR count). The van der Waals surface area contributed by atoms with E-state index in [1.807, 2.05) is 0 Å². The molecule has 0 aromatic rings. The van der Waals surface area contributed by atoms with Gasteiger partial charge < -0.3 is 15.4 Å². The molecule has 16 heavy (non-hydrogen) atoms. The lowest BCUT2D eigenvalue weighted by Crippen LogP contribution is -2.48. The van der Waals surface area contributed by atoms with E-state index in [9.17, 15) is 4.79 Å². The van der Waals surface area contributed by atoms with Crippen molar-refractivity contribution >= 4 is 5.97 Å². The van der Waals surface area contributed by atoms with E-state index in [0.717, 1.165) is 6.54 Å². The molecule has 94 valence electrons. The van der Waals surface area contributed by atoms with Crippen molar-refractivity contribution in [3.63, 3.8) is 0 Å². The van der Waals surface area contributed by atoms with E-state index in [0.29, 0.717) is 12.5 Å². The van der Waals surface area contributed by atoms with Crippen LogP contribution >= 0.6 is 0 Å². The van der Waals surface area contributed by atoms with Crippen LogP contribution in [0.3, 0.4) is 0 Å². The number of carbonyl (C=O) groups excluding carboxylic acids is 1. The fraction of sp³-hybridized carbons (Fsp3) is 0.917. The van der Waals surface area contributed by atoms with Crippen molar-refractivity contribution in [2.24, 2.45) is 5.73 Å². The number of nitrogens with two attached hydrogens (primary N) is 1. The first-order chi connectivity index (χ1) is 7.47. The van der Waals surface area contributed by atoms with E-state index in [2.05, 4.69) is 11.9 Å². The summed E-state index contributed by atoms with van der Waals surface area (Å²) in [5, 5.41) is 0. The van der Waals surface area contributed by atoms with Crippen LogP contribution in [-0.4, -0.2) is 43.2 Å². The average Bonchev–Trinajstić information content (AvgIpc) is 2.78. The number of carbonyl (C=O) groups is 1. The van der Waals surface area contributed by atoms with Crippen molar-refractivity contribution in [2.75, 3.05) is 20.7 Å². The van der Waals surface area contributed by atoms with Crippen LogP contribution in [0.25, 0.3) is 0 Å². The molecule has 0 saturated heterocycles. The van der Waals surface area contributed by atoms with Crippen LogP contribution in [0.4, 0.5) is 0 Å². The Morgan fingerprint density at radius 1 is 1.50 bits per heavy atom. The fourth-order valence-corrected chi connectivity index (χ4v) is 2.27. The Morgan fingerprint density at radius 3 is 2.56 bits per heavy atom. The number of esters is 1. The standard InChI is InChI=1S/C12H24N2O2/c1-12(13,11(15)16-3)8-9-14(2)10-6-4-5-7-10/h10H,4-9,13H2,1-3H3. The van der Waals surface area contributed by atoms with Gasteiger partial charge >= 0.3 is 5.97 Å². The quantitative estimate of drug-likeness (QED) is 0.717. The highest BCUT2D eigenvalue weighted by molar-refractivity contribution is 5.79. The van der Waals surface area contributed by atoms with Gasteiger partial charge in [0.05, 0.1) is 7.11 Å². The molecule has 1 aliphatic rings. The third kappa shape index (κ3) is 3.46. The van der Waals surface area contributed by atoms with Gasteiger partial charge in [0, 0.05) is 12.6 Å². The molecule has 1 saturated carbocycles. The van der Waals surface area contributed by atoms with Crippen molar-refractivity contribution in [2.45, 2.75) is 50.6 Å². The zero-order valence-corrected chi connectivity index (χ0v) is 10.7. The second-order valence-corrected chi connectivity index (χ2v) is 5.08. The minimum absolute atomic E-state index is 0.327. The molecule has 0 amide bonds. The number of rotatable bonds is 5. The number of hydrogen-bond donors (Lipinski definition) is 1. The van der Waals surface area contributed by atoms with Gasteiger partial charge in [-0.25, -0.2) is 0 Å². The van der Waals surface area contributed by atoms with Crippen molar-refractivity contribution in [3.8, 4) is 0 Å². The highest BCUT2D eigenvalue weighted by Gasteiger charge is 2.30. The van der Waals surface area contributed by atoms with E-state index in [-0.39, 0.29) is 5.97 Å². The van der Waals surface area contributed by atoms with Crippen LogP contribution in [0.5, 0.6) is 0 Å².